The zero-order valence-electron chi connectivity index (χ0n) is 12.0. The summed E-state index contributed by atoms with van der Waals surface area (Å²) in [6.45, 7) is 0.0346. The summed E-state index contributed by atoms with van der Waals surface area (Å²) in [7, 11) is 1.24. The number of hydrogen-bond acceptors (Lipinski definition) is 6. The predicted octanol–water partition coefficient (Wildman–Crippen LogP) is 0.232. The number of rotatable bonds is 5. The van der Waals surface area contributed by atoms with Crippen molar-refractivity contribution in [3.8, 4) is 6.07 Å². The van der Waals surface area contributed by atoms with E-state index in [9.17, 15) is 9.59 Å². The summed E-state index contributed by atoms with van der Waals surface area (Å²) in [4.78, 5) is 25.5. The van der Waals surface area contributed by atoms with Gasteiger partial charge < -0.3 is 20.1 Å². The molecule has 1 aliphatic rings. The van der Waals surface area contributed by atoms with E-state index in [4.69, 9.17) is 15.1 Å². The molecule has 1 aromatic rings. The highest BCUT2D eigenvalue weighted by atomic mass is 16.5. The molecule has 1 aliphatic heterocycles. The largest absolute Gasteiger partial charge is 0.466 e. The normalized spacial score (nSPS) is 14.0. The minimum absolute atomic E-state index is 0.0880. The Morgan fingerprint density at radius 2 is 2.14 bits per heavy atom. The van der Waals surface area contributed by atoms with Gasteiger partial charge in [0.25, 0.3) is 5.91 Å². The second kappa shape index (κ2) is 6.74. The summed E-state index contributed by atoms with van der Waals surface area (Å²) in [6, 6.07) is 8.49. The first kappa shape index (κ1) is 15.5. The van der Waals surface area contributed by atoms with Crippen molar-refractivity contribution < 1.29 is 19.4 Å². The van der Waals surface area contributed by atoms with E-state index < -0.39 is 5.97 Å². The van der Waals surface area contributed by atoms with Gasteiger partial charge in [0, 0.05) is 12.2 Å². The van der Waals surface area contributed by atoms with Crippen LogP contribution in [0.5, 0.6) is 0 Å². The number of nitrogens with zero attached hydrogens (tertiary/aromatic N) is 2. The molecule has 0 aromatic heterocycles. The van der Waals surface area contributed by atoms with Crippen LogP contribution in [0.3, 0.4) is 0 Å². The summed E-state index contributed by atoms with van der Waals surface area (Å²) < 4.78 is 4.69. The van der Waals surface area contributed by atoms with Crippen molar-refractivity contribution in [2.24, 2.45) is 0 Å². The van der Waals surface area contributed by atoms with E-state index in [2.05, 4.69) is 5.32 Å². The number of methoxy groups -OCH3 is 1. The Bertz CT molecular complexity index is 658. The number of anilines is 1. The molecule has 0 unspecified atom stereocenters. The average molecular weight is 301 g/mol. The minimum atomic E-state index is -0.593. The smallest absolute Gasteiger partial charge is 0.337 e. The molecule has 2 rings (SSSR count). The number of benzene rings is 1. The number of aliphatic hydroxyl groups is 1. The van der Waals surface area contributed by atoms with Crippen LogP contribution in [0.25, 0.3) is 0 Å². The second-order valence-corrected chi connectivity index (χ2v) is 4.61. The summed E-state index contributed by atoms with van der Waals surface area (Å²) in [5, 5.41) is 20.6. The van der Waals surface area contributed by atoms with Crippen LogP contribution in [-0.2, 0) is 14.3 Å². The van der Waals surface area contributed by atoms with E-state index in [-0.39, 0.29) is 36.9 Å². The van der Waals surface area contributed by atoms with Gasteiger partial charge >= 0.3 is 5.97 Å². The Morgan fingerprint density at radius 1 is 1.45 bits per heavy atom. The van der Waals surface area contributed by atoms with Crippen LogP contribution in [0.1, 0.15) is 5.56 Å². The minimum Gasteiger partial charge on any atom is -0.466 e. The number of ether oxygens (including phenoxy) is 1. The molecule has 1 aromatic carbocycles. The van der Waals surface area contributed by atoms with E-state index in [1.54, 1.807) is 24.3 Å². The van der Waals surface area contributed by atoms with E-state index in [0.717, 1.165) is 0 Å². The van der Waals surface area contributed by atoms with Crippen LogP contribution < -0.4 is 5.32 Å². The predicted molar refractivity (Wildman–Crippen MR) is 77.5 cm³/mol. The van der Waals surface area contributed by atoms with Gasteiger partial charge in [-0.3, -0.25) is 4.79 Å². The first-order valence-corrected chi connectivity index (χ1v) is 6.59. The van der Waals surface area contributed by atoms with Crippen LogP contribution in [0, 0.1) is 11.3 Å². The van der Waals surface area contributed by atoms with Crippen molar-refractivity contribution in [2.75, 3.05) is 32.1 Å². The number of amides is 1. The fourth-order valence-electron chi connectivity index (χ4n) is 2.12. The van der Waals surface area contributed by atoms with Gasteiger partial charge in [0.2, 0.25) is 0 Å². The van der Waals surface area contributed by atoms with Gasteiger partial charge in [-0.05, 0) is 24.3 Å². The van der Waals surface area contributed by atoms with Crippen LogP contribution in [-0.4, -0.2) is 48.7 Å². The van der Waals surface area contributed by atoms with E-state index in [0.29, 0.717) is 11.3 Å². The number of carbonyl (C=O) groups excluding carboxylic acids is 2. The lowest BCUT2D eigenvalue weighted by molar-refractivity contribution is -0.136. The molecule has 1 amide bonds. The Labute approximate surface area is 127 Å². The van der Waals surface area contributed by atoms with Crippen molar-refractivity contribution in [3.05, 3.63) is 41.1 Å². The van der Waals surface area contributed by atoms with Crippen molar-refractivity contribution in [3.63, 3.8) is 0 Å². The van der Waals surface area contributed by atoms with Crippen molar-refractivity contribution in [1.29, 1.82) is 5.26 Å². The van der Waals surface area contributed by atoms with E-state index in [1.807, 2.05) is 6.07 Å². The maximum absolute atomic E-state index is 12.3. The number of β-amino-alcohol motifs (C(OH)–C–C–N with tert-alkyl or cyclic N) is 1. The first-order valence-electron chi connectivity index (χ1n) is 6.59. The van der Waals surface area contributed by atoms with Gasteiger partial charge in [0.1, 0.15) is 5.70 Å². The molecule has 0 atom stereocenters. The van der Waals surface area contributed by atoms with Crippen LogP contribution in [0.4, 0.5) is 5.69 Å². The number of nitrogens with one attached hydrogen (secondary N) is 1. The lowest BCUT2D eigenvalue weighted by atomic mass is 10.2. The molecule has 114 valence electrons. The lowest BCUT2D eigenvalue weighted by Crippen LogP contribution is -2.31. The van der Waals surface area contributed by atoms with Gasteiger partial charge in [0.15, 0.2) is 0 Å². The van der Waals surface area contributed by atoms with Gasteiger partial charge in [-0.15, -0.1) is 0 Å². The second-order valence-electron chi connectivity index (χ2n) is 4.61. The molecule has 22 heavy (non-hydrogen) atoms. The molecule has 2 N–H and O–H groups in total. The molecule has 0 saturated carbocycles. The Balaban J connectivity index is 2.28. The number of hydrogen-bond donors (Lipinski definition) is 2. The highest BCUT2D eigenvalue weighted by Gasteiger charge is 2.34. The molecule has 0 fully saturated rings. The zero-order valence-corrected chi connectivity index (χ0v) is 12.0. The third-order valence-electron chi connectivity index (χ3n) is 3.24. The van der Waals surface area contributed by atoms with Gasteiger partial charge in [-0.25, -0.2) is 4.79 Å². The molecule has 0 bridgehead atoms. The summed E-state index contributed by atoms with van der Waals surface area (Å²) in [5.41, 5.74) is 1.41. The van der Waals surface area contributed by atoms with Gasteiger partial charge in [0.05, 0.1) is 37.5 Å². The topological polar surface area (TPSA) is 103 Å². The number of esters is 1. The average Bonchev–Trinajstić information content (AvgIpc) is 2.85. The van der Waals surface area contributed by atoms with Crippen LogP contribution in [0.15, 0.2) is 35.5 Å². The number of aliphatic hydroxyl groups excluding tert-OH is 1. The highest BCUT2D eigenvalue weighted by molar-refractivity contribution is 6.08. The molecule has 7 nitrogen and oxygen atoms in total. The molecule has 0 spiro atoms. The Kier molecular flexibility index (Phi) is 4.76. The van der Waals surface area contributed by atoms with Crippen LogP contribution in [0.2, 0.25) is 0 Å². The quantitative estimate of drug-likeness (QED) is 0.755. The fraction of sp³-hybridized carbons (Fsp3) is 0.267. The molecule has 0 aliphatic carbocycles. The van der Waals surface area contributed by atoms with E-state index >= 15 is 0 Å². The molecule has 0 saturated heterocycles. The monoisotopic (exact) mass is 301 g/mol. The molecule has 7 heteroatoms. The molecular formula is C15H15N3O4. The van der Waals surface area contributed by atoms with Crippen molar-refractivity contribution >= 4 is 17.6 Å². The highest BCUT2D eigenvalue weighted by Crippen LogP contribution is 2.22. The number of nitriles is 1. The zero-order chi connectivity index (χ0) is 16.1. The summed E-state index contributed by atoms with van der Waals surface area (Å²) in [6.07, 6.45) is 0. The van der Waals surface area contributed by atoms with Crippen molar-refractivity contribution in [1.82, 2.24) is 4.90 Å². The molecular weight excluding hydrogens is 286 g/mol. The van der Waals surface area contributed by atoms with E-state index in [1.165, 1.54) is 12.0 Å². The van der Waals surface area contributed by atoms with Gasteiger partial charge in [-0.1, -0.05) is 0 Å². The molecule has 1 heterocycles. The third kappa shape index (κ3) is 3.07. The SMILES string of the molecule is COC(=O)C1=C(Nc2ccc(C#N)cc2)C(=O)N(CCO)C1. The van der Waals surface area contributed by atoms with Crippen molar-refractivity contribution in [2.45, 2.75) is 0 Å². The van der Waals surface area contributed by atoms with Gasteiger partial charge in [-0.2, -0.15) is 5.26 Å². The standard InChI is InChI=1S/C15H15N3O4/c1-22-15(21)12-9-18(6-7-19)14(20)13(12)17-11-4-2-10(8-16)3-5-11/h2-5,17,19H,6-7,9H2,1H3. The Hall–Kier alpha value is -2.85. The maximum Gasteiger partial charge on any atom is 0.337 e. The maximum atomic E-state index is 12.3. The molecule has 0 radical (unpaired) electrons. The third-order valence-corrected chi connectivity index (χ3v) is 3.24. The lowest BCUT2D eigenvalue weighted by Gasteiger charge is -2.14. The summed E-state index contributed by atoms with van der Waals surface area (Å²) in [5.74, 6) is -0.969. The first-order chi connectivity index (χ1) is 10.6. The van der Waals surface area contributed by atoms with Crippen LogP contribution >= 0.6 is 0 Å². The Morgan fingerprint density at radius 3 is 2.68 bits per heavy atom. The fourth-order valence-corrected chi connectivity index (χ4v) is 2.12. The summed E-state index contributed by atoms with van der Waals surface area (Å²) >= 11 is 0. The number of carbonyl (C=O) groups is 2.